The van der Waals surface area contributed by atoms with Crippen molar-refractivity contribution in [1.29, 1.82) is 0 Å². The molecule has 0 saturated heterocycles. The Hall–Kier alpha value is -2.62. The molecule has 0 unspecified atom stereocenters. The predicted octanol–water partition coefficient (Wildman–Crippen LogP) is 3.43. The lowest BCUT2D eigenvalue weighted by molar-refractivity contribution is -0.123. The minimum Gasteiger partial charge on any atom is -0.355 e. The number of benzene rings is 2. The average Bonchev–Trinajstić information content (AvgIpc) is 3.41. The number of hydrogen-bond acceptors (Lipinski definition) is 2. The Morgan fingerprint density at radius 2 is 1.68 bits per heavy atom. The van der Waals surface area contributed by atoms with Gasteiger partial charge in [0.1, 0.15) is 0 Å². The van der Waals surface area contributed by atoms with Crippen molar-refractivity contribution in [3.8, 4) is 0 Å². The standard InChI is InChI=1S/C21H24N2O2/c1-16(24)23-19-11-9-18(10-12-19)21(13-14-21)20(25)22-15-5-8-17-6-3-2-4-7-17/h2-4,6-7,9-12H,5,8,13-15H2,1H3,(H,22,25)(H,23,24). The number of rotatable bonds is 7. The van der Waals surface area contributed by atoms with E-state index >= 15 is 0 Å². The molecular formula is C21H24N2O2. The van der Waals surface area contributed by atoms with Gasteiger partial charge < -0.3 is 10.6 Å². The van der Waals surface area contributed by atoms with Gasteiger partial charge in [-0.25, -0.2) is 0 Å². The number of hydrogen-bond donors (Lipinski definition) is 2. The molecular weight excluding hydrogens is 312 g/mol. The number of aryl methyl sites for hydroxylation is 1. The lowest BCUT2D eigenvalue weighted by Crippen LogP contribution is -2.35. The molecule has 0 radical (unpaired) electrons. The quantitative estimate of drug-likeness (QED) is 0.761. The first-order valence-electron chi connectivity index (χ1n) is 8.80. The Kier molecular flexibility index (Phi) is 5.17. The maximum Gasteiger partial charge on any atom is 0.230 e. The number of amides is 2. The van der Waals surface area contributed by atoms with E-state index in [-0.39, 0.29) is 17.2 Å². The van der Waals surface area contributed by atoms with Gasteiger partial charge in [0.25, 0.3) is 0 Å². The summed E-state index contributed by atoms with van der Waals surface area (Å²) in [5, 5.41) is 5.84. The highest BCUT2D eigenvalue weighted by molar-refractivity contribution is 5.92. The van der Waals surface area contributed by atoms with Gasteiger partial charge >= 0.3 is 0 Å². The SMILES string of the molecule is CC(=O)Nc1ccc(C2(C(=O)NCCCc3ccccc3)CC2)cc1. The van der Waals surface area contributed by atoms with E-state index < -0.39 is 0 Å². The Morgan fingerprint density at radius 1 is 1.00 bits per heavy atom. The van der Waals surface area contributed by atoms with Crippen molar-refractivity contribution in [3.63, 3.8) is 0 Å². The Labute approximate surface area is 148 Å². The topological polar surface area (TPSA) is 58.2 Å². The van der Waals surface area contributed by atoms with Crippen LogP contribution in [-0.4, -0.2) is 18.4 Å². The highest BCUT2D eigenvalue weighted by Crippen LogP contribution is 2.48. The number of carbonyl (C=O) groups is 2. The van der Waals surface area contributed by atoms with Crippen LogP contribution in [0.15, 0.2) is 54.6 Å². The fraction of sp³-hybridized carbons (Fsp3) is 0.333. The molecule has 0 heterocycles. The third-order valence-corrected chi connectivity index (χ3v) is 4.71. The molecule has 1 saturated carbocycles. The fourth-order valence-electron chi connectivity index (χ4n) is 3.16. The van der Waals surface area contributed by atoms with E-state index in [1.54, 1.807) is 0 Å². The second kappa shape index (κ2) is 7.51. The molecule has 2 N–H and O–H groups in total. The van der Waals surface area contributed by atoms with Crippen LogP contribution in [0.25, 0.3) is 0 Å². The summed E-state index contributed by atoms with van der Waals surface area (Å²) in [5.41, 5.74) is 2.71. The minimum atomic E-state index is -0.374. The monoisotopic (exact) mass is 336 g/mol. The summed E-state index contributed by atoms with van der Waals surface area (Å²) >= 11 is 0. The van der Waals surface area contributed by atoms with Crippen molar-refractivity contribution < 1.29 is 9.59 Å². The zero-order valence-electron chi connectivity index (χ0n) is 14.5. The summed E-state index contributed by atoms with van der Waals surface area (Å²) in [5.74, 6) is 0.0258. The van der Waals surface area contributed by atoms with Crippen LogP contribution < -0.4 is 10.6 Å². The largest absolute Gasteiger partial charge is 0.355 e. The fourth-order valence-corrected chi connectivity index (χ4v) is 3.16. The van der Waals surface area contributed by atoms with E-state index in [0.717, 1.165) is 36.9 Å². The first kappa shape index (κ1) is 17.2. The normalized spacial score (nSPS) is 14.6. The van der Waals surface area contributed by atoms with Gasteiger partial charge in [0.15, 0.2) is 0 Å². The lowest BCUT2D eigenvalue weighted by atomic mass is 9.94. The molecule has 0 spiro atoms. The summed E-state index contributed by atoms with van der Waals surface area (Å²) in [7, 11) is 0. The van der Waals surface area contributed by atoms with Gasteiger partial charge in [-0.2, -0.15) is 0 Å². The highest BCUT2D eigenvalue weighted by Gasteiger charge is 2.50. The van der Waals surface area contributed by atoms with Crippen molar-refractivity contribution in [2.45, 2.75) is 38.0 Å². The van der Waals surface area contributed by atoms with Gasteiger partial charge in [-0.3, -0.25) is 9.59 Å². The molecule has 0 atom stereocenters. The zero-order chi connectivity index (χ0) is 17.7. The molecule has 4 nitrogen and oxygen atoms in total. The Balaban J connectivity index is 1.52. The van der Waals surface area contributed by atoms with Crippen LogP contribution >= 0.6 is 0 Å². The lowest BCUT2D eigenvalue weighted by Gasteiger charge is -2.16. The Bertz CT molecular complexity index is 734. The number of nitrogens with one attached hydrogen (secondary N) is 2. The molecule has 1 fully saturated rings. The van der Waals surface area contributed by atoms with Crippen LogP contribution in [0.3, 0.4) is 0 Å². The van der Waals surface area contributed by atoms with Crippen LogP contribution in [-0.2, 0) is 21.4 Å². The van der Waals surface area contributed by atoms with E-state index in [1.165, 1.54) is 12.5 Å². The molecule has 2 aromatic rings. The second-order valence-electron chi connectivity index (χ2n) is 6.69. The van der Waals surface area contributed by atoms with Crippen LogP contribution in [0.2, 0.25) is 0 Å². The smallest absolute Gasteiger partial charge is 0.230 e. The Morgan fingerprint density at radius 3 is 2.28 bits per heavy atom. The van der Waals surface area contributed by atoms with Crippen LogP contribution in [0.5, 0.6) is 0 Å². The van der Waals surface area contributed by atoms with Gasteiger partial charge in [0.05, 0.1) is 5.41 Å². The highest BCUT2D eigenvalue weighted by atomic mass is 16.2. The first-order chi connectivity index (χ1) is 12.1. The molecule has 2 aromatic carbocycles. The van der Waals surface area contributed by atoms with E-state index in [2.05, 4.69) is 22.8 Å². The summed E-state index contributed by atoms with van der Waals surface area (Å²) in [6.07, 6.45) is 3.68. The predicted molar refractivity (Wildman–Crippen MR) is 99.4 cm³/mol. The maximum atomic E-state index is 12.6. The van der Waals surface area contributed by atoms with Crippen LogP contribution in [0, 0.1) is 0 Å². The zero-order valence-corrected chi connectivity index (χ0v) is 14.5. The molecule has 130 valence electrons. The maximum absolute atomic E-state index is 12.6. The van der Waals surface area contributed by atoms with E-state index in [4.69, 9.17) is 0 Å². The van der Waals surface area contributed by atoms with Crippen molar-refractivity contribution in [2.24, 2.45) is 0 Å². The number of carbonyl (C=O) groups excluding carboxylic acids is 2. The molecule has 1 aliphatic rings. The molecule has 0 aromatic heterocycles. The third kappa shape index (κ3) is 4.27. The minimum absolute atomic E-state index is 0.0926. The van der Waals surface area contributed by atoms with Crippen LogP contribution in [0.1, 0.15) is 37.3 Å². The van der Waals surface area contributed by atoms with Gasteiger partial charge in [0, 0.05) is 19.2 Å². The van der Waals surface area contributed by atoms with Crippen LogP contribution in [0.4, 0.5) is 5.69 Å². The summed E-state index contributed by atoms with van der Waals surface area (Å²) < 4.78 is 0. The van der Waals surface area contributed by atoms with Crippen molar-refractivity contribution >= 4 is 17.5 Å². The summed E-state index contributed by atoms with van der Waals surface area (Å²) in [4.78, 5) is 23.7. The van der Waals surface area contributed by atoms with Gasteiger partial charge in [-0.1, -0.05) is 42.5 Å². The first-order valence-corrected chi connectivity index (χ1v) is 8.80. The summed E-state index contributed by atoms with van der Waals surface area (Å²) in [6, 6.07) is 17.9. The number of anilines is 1. The molecule has 2 amide bonds. The molecule has 4 heteroatoms. The molecule has 25 heavy (non-hydrogen) atoms. The summed E-state index contributed by atoms with van der Waals surface area (Å²) in [6.45, 7) is 2.18. The molecule has 0 bridgehead atoms. The van der Waals surface area contributed by atoms with E-state index in [1.807, 2.05) is 42.5 Å². The molecule has 1 aliphatic carbocycles. The second-order valence-corrected chi connectivity index (χ2v) is 6.69. The van der Waals surface area contributed by atoms with Crippen molar-refractivity contribution in [3.05, 3.63) is 65.7 Å². The van der Waals surface area contributed by atoms with Gasteiger partial charge in [-0.05, 0) is 48.9 Å². The van der Waals surface area contributed by atoms with Crippen molar-refractivity contribution in [1.82, 2.24) is 5.32 Å². The third-order valence-electron chi connectivity index (χ3n) is 4.71. The van der Waals surface area contributed by atoms with E-state index in [0.29, 0.717) is 6.54 Å². The average molecular weight is 336 g/mol. The van der Waals surface area contributed by atoms with Gasteiger partial charge in [-0.15, -0.1) is 0 Å². The van der Waals surface area contributed by atoms with Gasteiger partial charge in [0.2, 0.25) is 11.8 Å². The van der Waals surface area contributed by atoms with E-state index in [9.17, 15) is 9.59 Å². The molecule has 3 rings (SSSR count). The van der Waals surface area contributed by atoms with Crippen molar-refractivity contribution in [2.75, 3.05) is 11.9 Å². The molecule has 0 aliphatic heterocycles.